The predicted molar refractivity (Wildman–Crippen MR) is 65.0 cm³/mol. The van der Waals surface area contributed by atoms with Crippen molar-refractivity contribution in [1.82, 2.24) is 4.90 Å². The van der Waals surface area contributed by atoms with Crippen LogP contribution in [0.15, 0.2) is 17.5 Å². The molecule has 1 heterocycles. The number of rotatable bonds is 4. The molecule has 0 saturated heterocycles. The molecular formula is C12H16N2OS. The van der Waals surface area contributed by atoms with Crippen molar-refractivity contribution in [2.75, 3.05) is 7.05 Å². The summed E-state index contributed by atoms with van der Waals surface area (Å²) >= 11 is 1.57. The van der Waals surface area contributed by atoms with E-state index >= 15 is 0 Å². The first kappa shape index (κ1) is 12.7. The van der Waals surface area contributed by atoms with Gasteiger partial charge >= 0.3 is 0 Å². The summed E-state index contributed by atoms with van der Waals surface area (Å²) in [5.41, 5.74) is 0. The lowest BCUT2D eigenvalue weighted by molar-refractivity contribution is -0.130. The van der Waals surface area contributed by atoms with E-state index in [-0.39, 0.29) is 17.9 Å². The van der Waals surface area contributed by atoms with Crippen LogP contribution in [0, 0.1) is 17.2 Å². The molecule has 0 aliphatic carbocycles. The summed E-state index contributed by atoms with van der Waals surface area (Å²) in [5.74, 6) is 0.157. The van der Waals surface area contributed by atoms with Gasteiger partial charge in [0.25, 0.3) is 0 Å². The molecule has 0 aromatic carbocycles. The number of hydrogen-bond donors (Lipinski definition) is 0. The van der Waals surface area contributed by atoms with Crippen LogP contribution >= 0.6 is 11.3 Å². The molecular weight excluding hydrogens is 220 g/mol. The quantitative estimate of drug-likeness (QED) is 0.805. The predicted octanol–water partition coefficient (Wildman–Crippen LogP) is 2.30. The molecule has 0 fully saturated rings. The lowest BCUT2D eigenvalue weighted by Gasteiger charge is -2.25. The van der Waals surface area contributed by atoms with E-state index in [1.54, 1.807) is 23.3 Å². The zero-order chi connectivity index (χ0) is 12.1. The first-order valence-corrected chi connectivity index (χ1v) is 6.12. The number of carbonyl (C=O) groups is 1. The van der Waals surface area contributed by atoms with E-state index in [1.165, 1.54) is 0 Å². The van der Waals surface area contributed by atoms with Crippen LogP contribution in [0.3, 0.4) is 0 Å². The molecule has 1 amide bonds. The second kappa shape index (κ2) is 5.66. The van der Waals surface area contributed by atoms with Crippen molar-refractivity contribution >= 4 is 17.2 Å². The number of likely N-dealkylation sites (N-methyl/N-ethyl adjacent to an activating group) is 1. The van der Waals surface area contributed by atoms with Crippen LogP contribution in [-0.2, 0) is 11.2 Å². The Labute approximate surface area is 100 Å². The van der Waals surface area contributed by atoms with Gasteiger partial charge in [-0.05, 0) is 17.4 Å². The van der Waals surface area contributed by atoms with Gasteiger partial charge in [0.2, 0.25) is 5.91 Å². The average molecular weight is 236 g/mol. The number of thiophene rings is 1. The van der Waals surface area contributed by atoms with Gasteiger partial charge in [-0.3, -0.25) is 4.79 Å². The van der Waals surface area contributed by atoms with Gasteiger partial charge in [0, 0.05) is 11.9 Å². The Bertz CT molecular complexity index is 378. The zero-order valence-electron chi connectivity index (χ0n) is 9.80. The molecule has 16 heavy (non-hydrogen) atoms. The van der Waals surface area contributed by atoms with Gasteiger partial charge in [-0.25, -0.2) is 0 Å². The van der Waals surface area contributed by atoms with E-state index in [2.05, 4.69) is 6.07 Å². The van der Waals surface area contributed by atoms with Crippen LogP contribution in [0.25, 0.3) is 0 Å². The molecule has 0 radical (unpaired) electrons. The van der Waals surface area contributed by atoms with E-state index < -0.39 is 0 Å². The normalized spacial score (nSPS) is 12.2. The highest BCUT2D eigenvalue weighted by molar-refractivity contribution is 7.10. The fourth-order valence-corrected chi connectivity index (χ4v) is 2.22. The van der Waals surface area contributed by atoms with Crippen molar-refractivity contribution in [1.29, 1.82) is 5.26 Å². The highest BCUT2D eigenvalue weighted by Gasteiger charge is 2.22. The van der Waals surface area contributed by atoms with Crippen LogP contribution in [-0.4, -0.2) is 23.9 Å². The fraction of sp³-hybridized carbons (Fsp3) is 0.500. The molecule has 0 spiro atoms. The Hall–Kier alpha value is -1.34. The molecule has 1 atom stereocenters. The first-order valence-electron chi connectivity index (χ1n) is 5.24. The smallest absolute Gasteiger partial charge is 0.228 e. The van der Waals surface area contributed by atoms with Crippen molar-refractivity contribution in [3.8, 4) is 6.07 Å². The maximum atomic E-state index is 11.9. The number of amides is 1. The molecule has 1 aromatic heterocycles. The van der Waals surface area contributed by atoms with Gasteiger partial charge in [-0.2, -0.15) is 5.26 Å². The molecule has 0 bridgehead atoms. The summed E-state index contributed by atoms with van der Waals surface area (Å²) in [6.07, 6.45) is 0.388. The van der Waals surface area contributed by atoms with E-state index in [1.807, 2.05) is 31.4 Å². The van der Waals surface area contributed by atoms with Crippen molar-refractivity contribution in [3.05, 3.63) is 22.4 Å². The Morgan fingerprint density at radius 3 is 2.75 bits per heavy atom. The molecule has 4 heteroatoms. The standard InChI is InChI=1S/C12H16N2OS/c1-9(2)11(8-13)14(3)12(15)7-10-5-4-6-16-10/h4-6,9,11H,7H2,1-3H3. The maximum absolute atomic E-state index is 11.9. The Kier molecular flexibility index (Phi) is 4.51. The summed E-state index contributed by atoms with van der Waals surface area (Å²) in [4.78, 5) is 14.5. The van der Waals surface area contributed by atoms with Crippen LogP contribution in [0.1, 0.15) is 18.7 Å². The summed E-state index contributed by atoms with van der Waals surface area (Å²) in [5, 5.41) is 11.0. The van der Waals surface area contributed by atoms with Crippen LogP contribution in [0.2, 0.25) is 0 Å². The maximum Gasteiger partial charge on any atom is 0.228 e. The topological polar surface area (TPSA) is 44.1 Å². The molecule has 0 aliphatic rings. The van der Waals surface area contributed by atoms with E-state index in [0.29, 0.717) is 6.42 Å². The molecule has 0 saturated carbocycles. The molecule has 0 N–H and O–H groups in total. The van der Waals surface area contributed by atoms with Gasteiger partial charge in [-0.15, -0.1) is 11.3 Å². The van der Waals surface area contributed by atoms with Gasteiger partial charge in [-0.1, -0.05) is 19.9 Å². The molecule has 1 unspecified atom stereocenters. The van der Waals surface area contributed by atoms with Crippen LogP contribution in [0.4, 0.5) is 0 Å². The van der Waals surface area contributed by atoms with Gasteiger partial charge in [0.15, 0.2) is 0 Å². The molecule has 86 valence electrons. The third-order valence-corrected chi connectivity index (χ3v) is 3.36. The number of hydrogen-bond acceptors (Lipinski definition) is 3. The molecule has 1 aromatic rings. The zero-order valence-corrected chi connectivity index (χ0v) is 10.6. The number of nitrogens with zero attached hydrogens (tertiary/aromatic N) is 2. The third kappa shape index (κ3) is 3.07. The Balaban J connectivity index is 2.64. The largest absolute Gasteiger partial charge is 0.329 e. The van der Waals surface area contributed by atoms with E-state index in [4.69, 9.17) is 5.26 Å². The third-order valence-electron chi connectivity index (χ3n) is 2.48. The summed E-state index contributed by atoms with van der Waals surface area (Å²) in [6.45, 7) is 3.89. The highest BCUT2D eigenvalue weighted by atomic mass is 32.1. The van der Waals surface area contributed by atoms with Crippen LogP contribution in [0.5, 0.6) is 0 Å². The molecule has 3 nitrogen and oxygen atoms in total. The van der Waals surface area contributed by atoms with Crippen molar-refractivity contribution in [3.63, 3.8) is 0 Å². The summed E-state index contributed by atoms with van der Waals surface area (Å²) < 4.78 is 0. The highest BCUT2D eigenvalue weighted by Crippen LogP contribution is 2.13. The van der Waals surface area contributed by atoms with E-state index in [9.17, 15) is 4.79 Å². The van der Waals surface area contributed by atoms with Gasteiger partial charge < -0.3 is 4.90 Å². The SMILES string of the molecule is CC(C)C(C#N)N(C)C(=O)Cc1cccs1. The van der Waals surface area contributed by atoms with Gasteiger partial charge in [0.1, 0.15) is 6.04 Å². The van der Waals surface area contributed by atoms with Crippen molar-refractivity contribution < 1.29 is 4.79 Å². The Morgan fingerprint density at radius 1 is 1.62 bits per heavy atom. The summed E-state index contributed by atoms with van der Waals surface area (Å²) in [6, 6.07) is 5.70. The lowest BCUT2D eigenvalue weighted by Crippen LogP contribution is -2.40. The van der Waals surface area contributed by atoms with Gasteiger partial charge in [0.05, 0.1) is 12.5 Å². The first-order chi connectivity index (χ1) is 7.56. The van der Waals surface area contributed by atoms with Crippen LogP contribution < -0.4 is 0 Å². The molecule has 0 aliphatic heterocycles. The minimum Gasteiger partial charge on any atom is -0.329 e. The van der Waals surface area contributed by atoms with E-state index in [0.717, 1.165) is 4.88 Å². The minimum atomic E-state index is -0.340. The Morgan fingerprint density at radius 2 is 2.31 bits per heavy atom. The number of nitriles is 1. The molecule has 1 rings (SSSR count). The number of carbonyl (C=O) groups excluding carboxylic acids is 1. The minimum absolute atomic E-state index is 0.00250. The van der Waals surface area contributed by atoms with Crippen molar-refractivity contribution in [2.24, 2.45) is 5.92 Å². The second-order valence-electron chi connectivity index (χ2n) is 4.08. The van der Waals surface area contributed by atoms with Crippen molar-refractivity contribution in [2.45, 2.75) is 26.3 Å². The summed E-state index contributed by atoms with van der Waals surface area (Å²) in [7, 11) is 1.70. The fourth-order valence-electron chi connectivity index (χ4n) is 1.52. The second-order valence-corrected chi connectivity index (χ2v) is 5.11. The monoisotopic (exact) mass is 236 g/mol. The lowest BCUT2D eigenvalue weighted by atomic mass is 10.0. The average Bonchev–Trinajstić information content (AvgIpc) is 2.70.